The maximum Gasteiger partial charge on any atom is 0.225 e. The summed E-state index contributed by atoms with van der Waals surface area (Å²) < 4.78 is 0. The Hall–Kier alpha value is -1.97. The molecule has 0 spiro atoms. The zero-order chi connectivity index (χ0) is 15.4. The molecule has 1 N–H and O–H groups in total. The van der Waals surface area contributed by atoms with E-state index < -0.39 is 0 Å². The smallest absolute Gasteiger partial charge is 0.225 e. The molecule has 1 atom stereocenters. The summed E-state index contributed by atoms with van der Waals surface area (Å²) in [5, 5.41) is 12.4. The molecule has 2 aromatic heterocycles. The lowest BCUT2D eigenvalue weighted by atomic mass is 10.0. The first-order valence-corrected chi connectivity index (χ1v) is 8.28. The van der Waals surface area contributed by atoms with Gasteiger partial charge in [0.1, 0.15) is 5.69 Å². The summed E-state index contributed by atoms with van der Waals surface area (Å²) in [7, 11) is 0. The Bertz CT molecular complexity index is 686. The van der Waals surface area contributed by atoms with E-state index in [0.29, 0.717) is 5.95 Å². The number of rotatable bonds is 2. The lowest BCUT2D eigenvalue weighted by molar-refractivity contribution is 0.239. The molecule has 1 saturated heterocycles. The van der Waals surface area contributed by atoms with E-state index in [2.05, 4.69) is 31.7 Å². The van der Waals surface area contributed by atoms with E-state index in [-0.39, 0.29) is 12.6 Å². The highest BCUT2D eigenvalue weighted by atomic mass is 32.1. The maximum atomic E-state index is 9.46. The molecular formula is C16H18N4OS. The van der Waals surface area contributed by atoms with Crippen molar-refractivity contribution < 1.29 is 5.11 Å². The molecule has 3 heterocycles. The molecule has 0 aromatic carbocycles. The minimum atomic E-state index is 0.128. The molecular weight excluding hydrogens is 296 g/mol. The van der Waals surface area contributed by atoms with Crippen LogP contribution in [0.5, 0.6) is 0 Å². The fourth-order valence-electron chi connectivity index (χ4n) is 2.54. The predicted molar refractivity (Wildman–Crippen MR) is 86.9 cm³/mol. The summed E-state index contributed by atoms with van der Waals surface area (Å²) in [6.45, 7) is 3.01. The number of piperidine rings is 1. The lowest BCUT2D eigenvalue weighted by Gasteiger charge is -2.34. The van der Waals surface area contributed by atoms with Crippen LogP contribution in [0.1, 0.15) is 35.5 Å². The molecule has 2 aromatic rings. The van der Waals surface area contributed by atoms with Gasteiger partial charge in [0.25, 0.3) is 0 Å². The second-order valence-corrected chi connectivity index (χ2v) is 6.36. The van der Waals surface area contributed by atoms with Crippen LogP contribution in [0.25, 0.3) is 0 Å². The quantitative estimate of drug-likeness (QED) is 0.859. The van der Waals surface area contributed by atoms with Gasteiger partial charge in [-0.1, -0.05) is 5.92 Å². The summed E-state index contributed by atoms with van der Waals surface area (Å²) >= 11 is 1.59. The zero-order valence-corrected chi connectivity index (χ0v) is 13.3. The number of aliphatic hydroxyl groups excluding tert-OH is 1. The Morgan fingerprint density at radius 1 is 1.32 bits per heavy atom. The Balaban J connectivity index is 1.74. The van der Waals surface area contributed by atoms with Crippen molar-refractivity contribution in [2.24, 2.45) is 0 Å². The first-order valence-electron chi connectivity index (χ1n) is 7.40. The molecule has 1 aliphatic rings. The maximum absolute atomic E-state index is 9.46. The molecule has 3 rings (SSSR count). The predicted octanol–water partition coefficient (Wildman–Crippen LogP) is 1.99. The van der Waals surface area contributed by atoms with Crippen LogP contribution in [0.15, 0.2) is 17.8 Å². The fraction of sp³-hybridized carbons (Fsp3) is 0.438. The second-order valence-electron chi connectivity index (χ2n) is 5.30. The van der Waals surface area contributed by atoms with Gasteiger partial charge in [0.15, 0.2) is 0 Å². The van der Waals surface area contributed by atoms with Gasteiger partial charge in [-0.25, -0.2) is 15.0 Å². The number of hydrogen-bond donors (Lipinski definition) is 1. The van der Waals surface area contributed by atoms with Crippen LogP contribution in [0.3, 0.4) is 0 Å². The highest BCUT2D eigenvalue weighted by Crippen LogP contribution is 2.21. The van der Waals surface area contributed by atoms with Crippen molar-refractivity contribution in [3.8, 4) is 11.8 Å². The number of aliphatic hydroxyl groups is 1. The zero-order valence-electron chi connectivity index (χ0n) is 12.5. The van der Waals surface area contributed by atoms with Crippen molar-refractivity contribution in [3.05, 3.63) is 34.0 Å². The molecule has 0 amide bonds. The van der Waals surface area contributed by atoms with Gasteiger partial charge >= 0.3 is 0 Å². The van der Waals surface area contributed by atoms with Crippen LogP contribution in [-0.2, 0) is 0 Å². The van der Waals surface area contributed by atoms with Gasteiger partial charge in [-0.15, -0.1) is 11.3 Å². The lowest BCUT2D eigenvalue weighted by Crippen LogP contribution is -2.42. The monoisotopic (exact) mass is 314 g/mol. The summed E-state index contributed by atoms with van der Waals surface area (Å²) in [5.74, 6) is 6.72. The van der Waals surface area contributed by atoms with Gasteiger partial charge in [0.05, 0.1) is 23.2 Å². The summed E-state index contributed by atoms with van der Waals surface area (Å²) in [5.41, 5.74) is 1.55. The standard InChI is InChI=1S/C16H18N4OS/c1-12-19-14(11-22-12)6-5-13-8-17-16(18-9-13)20-7-3-2-4-15(20)10-21/h8-9,11,15,21H,2-4,7,10H2,1H3. The number of aromatic nitrogens is 3. The molecule has 5 nitrogen and oxygen atoms in total. The average Bonchev–Trinajstić information content (AvgIpc) is 2.99. The third-order valence-electron chi connectivity index (χ3n) is 3.69. The Morgan fingerprint density at radius 2 is 2.14 bits per heavy atom. The van der Waals surface area contributed by atoms with Crippen LogP contribution in [0.2, 0.25) is 0 Å². The summed E-state index contributed by atoms with van der Waals surface area (Å²) in [4.78, 5) is 15.2. The summed E-state index contributed by atoms with van der Waals surface area (Å²) in [6.07, 6.45) is 6.72. The van der Waals surface area contributed by atoms with Crippen molar-refractivity contribution >= 4 is 17.3 Å². The molecule has 1 unspecified atom stereocenters. The van der Waals surface area contributed by atoms with Gasteiger partial charge in [-0.05, 0) is 32.1 Å². The highest BCUT2D eigenvalue weighted by molar-refractivity contribution is 7.09. The van der Waals surface area contributed by atoms with Crippen LogP contribution < -0.4 is 4.90 Å². The minimum Gasteiger partial charge on any atom is -0.394 e. The number of thiazole rings is 1. The Kier molecular flexibility index (Phi) is 4.66. The number of aryl methyl sites for hydroxylation is 1. The van der Waals surface area contributed by atoms with Crippen molar-refractivity contribution in [1.29, 1.82) is 0 Å². The molecule has 1 fully saturated rings. The van der Waals surface area contributed by atoms with E-state index in [1.54, 1.807) is 23.7 Å². The average molecular weight is 314 g/mol. The SMILES string of the molecule is Cc1nc(C#Cc2cnc(N3CCCCC3CO)nc2)cs1. The van der Waals surface area contributed by atoms with Gasteiger partial charge in [-0.2, -0.15) is 0 Å². The highest BCUT2D eigenvalue weighted by Gasteiger charge is 2.23. The summed E-state index contributed by atoms with van der Waals surface area (Å²) in [6, 6.07) is 0.128. The molecule has 0 bridgehead atoms. The Labute approximate surface area is 134 Å². The first-order chi connectivity index (χ1) is 10.8. The van der Waals surface area contributed by atoms with Crippen LogP contribution in [-0.4, -0.2) is 39.3 Å². The topological polar surface area (TPSA) is 62.1 Å². The van der Waals surface area contributed by atoms with Crippen LogP contribution in [0.4, 0.5) is 5.95 Å². The number of hydrogen-bond acceptors (Lipinski definition) is 6. The van der Waals surface area contributed by atoms with Gasteiger partial charge in [0.2, 0.25) is 5.95 Å². The first kappa shape index (κ1) is 14.9. The van der Waals surface area contributed by atoms with E-state index in [1.807, 2.05) is 12.3 Å². The molecule has 0 aliphatic carbocycles. The number of anilines is 1. The van der Waals surface area contributed by atoms with Crippen LogP contribution >= 0.6 is 11.3 Å². The third-order valence-corrected chi connectivity index (χ3v) is 4.46. The van der Waals surface area contributed by atoms with E-state index in [1.165, 1.54) is 0 Å². The van der Waals surface area contributed by atoms with Crippen molar-refractivity contribution in [2.45, 2.75) is 32.2 Å². The van der Waals surface area contributed by atoms with E-state index in [9.17, 15) is 5.11 Å². The van der Waals surface area contributed by atoms with Crippen molar-refractivity contribution in [2.75, 3.05) is 18.1 Å². The van der Waals surface area contributed by atoms with E-state index in [4.69, 9.17) is 0 Å². The van der Waals surface area contributed by atoms with Crippen LogP contribution in [0, 0.1) is 18.8 Å². The largest absolute Gasteiger partial charge is 0.394 e. The van der Waals surface area contributed by atoms with Gasteiger partial charge in [0, 0.05) is 24.3 Å². The van der Waals surface area contributed by atoms with E-state index >= 15 is 0 Å². The molecule has 0 radical (unpaired) electrons. The third kappa shape index (κ3) is 3.43. The fourth-order valence-corrected chi connectivity index (χ4v) is 3.09. The van der Waals surface area contributed by atoms with Crippen molar-refractivity contribution in [3.63, 3.8) is 0 Å². The normalized spacial score (nSPS) is 17.9. The molecule has 6 heteroatoms. The molecule has 1 aliphatic heterocycles. The van der Waals surface area contributed by atoms with Gasteiger partial charge < -0.3 is 10.0 Å². The van der Waals surface area contributed by atoms with Gasteiger partial charge in [-0.3, -0.25) is 0 Å². The molecule has 22 heavy (non-hydrogen) atoms. The second kappa shape index (κ2) is 6.86. The van der Waals surface area contributed by atoms with E-state index in [0.717, 1.165) is 42.1 Å². The minimum absolute atomic E-state index is 0.128. The molecule has 0 saturated carbocycles. The Morgan fingerprint density at radius 3 is 2.82 bits per heavy atom. The molecule has 114 valence electrons. The van der Waals surface area contributed by atoms with Crippen molar-refractivity contribution in [1.82, 2.24) is 15.0 Å². The number of nitrogens with zero attached hydrogens (tertiary/aromatic N) is 4.